The second kappa shape index (κ2) is 5.58. The van der Waals surface area contributed by atoms with Crippen LogP contribution < -0.4 is 10.4 Å². The molecule has 1 N–H and O–H groups in total. The molecule has 1 amide bonds. The Bertz CT molecular complexity index is 425. The number of carbonyl (C=O) groups is 2. The number of fused-ring (bicyclic) bond motifs is 2. The molecule has 0 saturated heterocycles. The smallest absolute Gasteiger partial charge is 0.224 e. The van der Waals surface area contributed by atoms with E-state index in [9.17, 15) is 14.7 Å². The molecule has 3 rings (SSSR count). The number of carboxylic acids is 1. The summed E-state index contributed by atoms with van der Waals surface area (Å²) in [4.78, 5) is 23.6. The van der Waals surface area contributed by atoms with Crippen molar-refractivity contribution in [1.82, 2.24) is 5.32 Å². The number of hydrogen-bond acceptors (Lipinski definition) is 3. The maximum Gasteiger partial charge on any atom is 0.224 e. The number of nitrogens with one attached hydrogen (secondary N) is 1. The van der Waals surface area contributed by atoms with Crippen molar-refractivity contribution in [3.8, 4) is 0 Å². The fraction of sp³-hybridized carbons (Fsp3) is 0.750. The van der Waals surface area contributed by atoms with Crippen LogP contribution in [-0.2, 0) is 9.59 Å². The van der Waals surface area contributed by atoms with Gasteiger partial charge in [-0.3, -0.25) is 4.79 Å². The molecule has 0 radical (unpaired) electrons. The van der Waals surface area contributed by atoms with E-state index in [1.54, 1.807) is 0 Å². The zero-order valence-corrected chi connectivity index (χ0v) is 11.7. The van der Waals surface area contributed by atoms with Crippen LogP contribution in [0.2, 0.25) is 0 Å². The minimum absolute atomic E-state index is 0.00423. The maximum atomic E-state index is 12.4. The van der Waals surface area contributed by atoms with E-state index >= 15 is 0 Å². The van der Waals surface area contributed by atoms with E-state index in [2.05, 4.69) is 5.32 Å². The number of aliphatic carboxylic acids is 1. The zero-order chi connectivity index (χ0) is 14.1. The van der Waals surface area contributed by atoms with Gasteiger partial charge in [0.05, 0.1) is 5.92 Å². The number of carboxylic acid groups (broad SMARTS) is 1. The molecule has 0 aromatic carbocycles. The molecule has 0 aromatic rings. The van der Waals surface area contributed by atoms with Crippen molar-refractivity contribution in [2.75, 3.05) is 6.54 Å². The van der Waals surface area contributed by atoms with Gasteiger partial charge in [-0.25, -0.2) is 0 Å². The monoisotopic (exact) mass is 276 g/mol. The third kappa shape index (κ3) is 2.48. The highest BCUT2D eigenvalue weighted by atomic mass is 16.4. The highest BCUT2D eigenvalue weighted by molar-refractivity contribution is 5.86. The third-order valence-corrected chi connectivity index (χ3v) is 5.32. The van der Waals surface area contributed by atoms with Crippen LogP contribution in [0.15, 0.2) is 12.2 Å². The fourth-order valence-electron chi connectivity index (χ4n) is 4.26. The lowest BCUT2D eigenvalue weighted by Crippen LogP contribution is -2.45. The van der Waals surface area contributed by atoms with Gasteiger partial charge in [0.2, 0.25) is 5.91 Å². The molecule has 0 spiro atoms. The molecule has 3 aliphatic carbocycles. The lowest BCUT2D eigenvalue weighted by Gasteiger charge is -2.29. The number of amides is 1. The van der Waals surface area contributed by atoms with Crippen molar-refractivity contribution in [1.29, 1.82) is 0 Å². The molecule has 110 valence electrons. The van der Waals surface area contributed by atoms with E-state index in [-0.39, 0.29) is 17.7 Å². The van der Waals surface area contributed by atoms with Crippen LogP contribution in [0.4, 0.5) is 0 Å². The van der Waals surface area contributed by atoms with Crippen molar-refractivity contribution in [2.45, 2.75) is 38.5 Å². The largest absolute Gasteiger partial charge is 0.550 e. The second-order valence-corrected chi connectivity index (χ2v) is 6.57. The van der Waals surface area contributed by atoms with Crippen LogP contribution in [0.25, 0.3) is 0 Å². The summed E-state index contributed by atoms with van der Waals surface area (Å²) >= 11 is 0. The molecule has 0 unspecified atom stereocenters. The number of allylic oxidation sites excluding steroid dienone is 2. The SMILES string of the molecule is O=C([O-])[C@@H]1[C@@H](C(=O)NCC2CCCCC2)[C@H]2C=C[C@H]1C2. The molecular formula is C16H22NO3-. The van der Waals surface area contributed by atoms with Gasteiger partial charge in [0.25, 0.3) is 0 Å². The summed E-state index contributed by atoms with van der Waals surface area (Å²) in [6.07, 6.45) is 10.9. The van der Waals surface area contributed by atoms with E-state index in [1.165, 1.54) is 32.1 Å². The van der Waals surface area contributed by atoms with E-state index in [0.29, 0.717) is 12.5 Å². The predicted molar refractivity (Wildman–Crippen MR) is 72.3 cm³/mol. The van der Waals surface area contributed by atoms with E-state index in [1.807, 2.05) is 12.2 Å². The Labute approximate surface area is 119 Å². The molecule has 4 heteroatoms. The van der Waals surface area contributed by atoms with E-state index < -0.39 is 17.8 Å². The quantitative estimate of drug-likeness (QED) is 0.775. The van der Waals surface area contributed by atoms with Crippen LogP contribution in [0.5, 0.6) is 0 Å². The minimum atomic E-state index is -1.07. The number of carbonyl (C=O) groups excluding carboxylic acids is 2. The number of rotatable bonds is 4. The Hall–Kier alpha value is -1.32. The third-order valence-electron chi connectivity index (χ3n) is 5.32. The molecule has 4 nitrogen and oxygen atoms in total. The first-order valence-corrected chi connectivity index (χ1v) is 7.83. The average molecular weight is 276 g/mol. The second-order valence-electron chi connectivity index (χ2n) is 6.57. The summed E-state index contributed by atoms with van der Waals surface area (Å²) in [6.45, 7) is 0.705. The summed E-state index contributed by atoms with van der Waals surface area (Å²) in [5, 5.41) is 14.3. The minimum Gasteiger partial charge on any atom is -0.550 e. The summed E-state index contributed by atoms with van der Waals surface area (Å²) in [7, 11) is 0. The van der Waals surface area contributed by atoms with Crippen LogP contribution in [0, 0.1) is 29.6 Å². The van der Waals surface area contributed by atoms with Gasteiger partial charge in [-0.05, 0) is 37.0 Å². The summed E-state index contributed by atoms with van der Waals surface area (Å²) in [5.41, 5.74) is 0. The number of hydrogen-bond donors (Lipinski definition) is 1. The first-order chi connectivity index (χ1) is 9.66. The van der Waals surface area contributed by atoms with Crippen molar-refractivity contribution in [3.63, 3.8) is 0 Å². The molecule has 20 heavy (non-hydrogen) atoms. The van der Waals surface area contributed by atoms with Gasteiger partial charge in [-0.15, -0.1) is 0 Å². The van der Waals surface area contributed by atoms with Gasteiger partial charge in [0.1, 0.15) is 0 Å². The summed E-state index contributed by atoms with van der Waals surface area (Å²) in [5.74, 6) is -1.54. The highest BCUT2D eigenvalue weighted by Crippen LogP contribution is 2.47. The predicted octanol–water partition coefficient (Wildman–Crippen LogP) is 0.871. The Morgan fingerprint density at radius 2 is 1.70 bits per heavy atom. The van der Waals surface area contributed by atoms with Gasteiger partial charge in [0, 0.05) is 18.4 Å². The zero-order valence-electron chi connectivity index (χ0n) is 11.7. The van der Waals surface area contributed by atoms with Gasteiger partial charge in [-0.1, -0.05) is 31.4 Å². The van der Waals surface area contributed by atoms with Crippen LogP contribution in [-0.4, -0.2) is 18.4 Å². The van der Waals surface area contributed by atoms with E-state index in [0.717, 1.165) is 6.42 Å². The maximum absolute atomic E-state index is 12.4. The molecule has 0 heterocycles. The molecule has 2 fully saturated rings. The molecule has 4 atom stereocenters. The molecule has 2 saturated carbocycles. The fourth-order valence-corrected chi connectivity index (χ4v) is 4.26. The van der Waals surface area contributed by atoms with Crippen molar-refractivity contribution < 1.29 is 14.7 Å². The highest BCUT2D eigenvalue weighted by Gasteiger charge is 2.48. The molecule has 0 aromatic heterocycles. The van der Waals surface area contributed by atoms with Gasteiger partial charge in [-0.2, -0.15) is 0 Å². The van der Waals surface area contributed by atoms with Gasteiger partial charge in [0.15, 0.2) is 0 Å². The Balaban J connectivity index is 1.58. The van der Waals surface area contributed by atoms with Gasteiger partial charge < -0.3 is 15.2 Å². The van der Waals surface area contributed by atoms with Crippen molar-refractivity contribution >= 4 is 11.9 Å². The summed E-state index contributed by atoms with van der Waals surface area (Å²) < 4.78 is 0. The topological polar surface area (TPSA) is 69.2 Å². The van der Waals surface area contributed by atoms with E-state index in [4.69, 9.17) is 0 Å². The first-order valence-electron chi connectivity index (χ1n) is 7.83. The summed E-state index contributed by atoms with van der Waals surface area (Å²) in [6, 6.07) is 0. The van der Waals surface area contributed by atoms with Crippen LogP contribution in [0.1, 0.15) is 38.5 Å². The van der Waals surface area contributed by atoms with Gasteiger partial charge >= 0.3 is 0 Å². The molecule has 0 aliphatic heterocycles. The first kappa shape index (κ1) is 13.7. The normalized spacial score (nSPS) is 36.2. The van der Waals surface area contributed by atoms with Crippen molar-refractivity contribution in [2.24, 2.45) is 29.6 Å². The standard InChI is InChI=1S/C16H23NO3/c18-15(17-9-10-4-2-1-3-5-10)13-11-6-7-12(8-11)14(13)16(19)20/h6-7,10-14H,1-5,8-9H2,(H,17,18)(H,19,20)/p-1/t11-,12-,13-,14-/m0/s1. The Morgan fingerprint density at radius 3 is 2.35 bits per heavy atom. The Morgan fingerprint density at radius 1 is 1.05 bits per heavy atom. The van der Waals surface area contributed by atoms with Crippen LogP contribution >= 0.6 is 0 Å². The molecule has 2 bridgehead atoms. The van der Waals surface area contributed by atoms with Crippen molar-refractivity contribution in [3.05, 3.63) is 12.2 Å². The van der Waals surface area contributed by atoms with Crippen LogP contribution in [0.3, 0.4) is 0 Å². The molecule has 3 aliphatic rings. The molecular weight excluding hydrogens is 254 g/mol. The Kier molecular flexibility index (Phi) is 3.81. The lowest BCUT2D eigenvalue weighted by molar-refractivity contribution is -0.313. The average Bonchev–Trinajstić information content (AvgIpc) is 3.06. The lowest BCUT2D eigenvalue weighted by atomic mass is 9.82.